The highest BCUT2D eigenvalue weighted by Crippen LogP contribution is 2.22. The minimum Gasteiger partial charge on any atom is -0.478 e. The Labute approximate surface area is 103 Å². The van der Waals surface area contributed by atoms with E-state index in [1.165, 1.54) is 0 Å². The molecule has 1 aliphatic heterocycles. The number of rotatable bonds is 3. The van der Waals surface area contributed by atoms with Crippen LogP contribution in [0.15, 0.2) is 12.1 Å². The van der Waals surface area contributed by atoms with Crippen LogP contribution >= 0.6 is 0 Å². The summed E-state index contributed by atoms with van der Waals surface area (Å²) in [6, 6.07) is 1.59. The molecule has 1 aliphatic rings. The van der Waals surface area contributed by atoms with E-state index in [1.807, 2.05) is 0 Å². The highest BCUT2D eigenvalue weighted by atomic mass is 19.1. The van der Waals surface area contributed by atoms with Crippen molar-refractivity contribution in [2.24, 2.45) is 0 Å². The van der Waals surface area contributed by atoms with Crippen LogP contribution in [0.3, 0.4) is 0 Å². The number of hydrogen-bond donors (Lipinski definition) is 2. The van der Waals surface area contributed by atoms with Gasteiger partial charge in [-0.15, -0.1) is 0 Å². The number of carboxylic acids is 1. The van der Waals surface area contributed by atoms with E-state index in [0.29, 0.717) is 32.1 Å². The summed E-state index contributed by atoms with van der Waals surface area (Å²) in [6.07, 6.45) is 1.42. The molecule has 1 fully saturated rings. The molecular formula is C12H13F2NO3. The highest BCUT2D eigenvalue weighted by Gasteiger charge is 2.19. The third kappa shape index (κ3) is 2.76. The van der Waals surface area contributed by atoms with E-state index in [0.717, 1.165) is 6.07 Å². The number of hydrogen-bond acceptors (Lipinski definition) is 3. The van der Waals surface area contributed by atoms with Crippen molar-refractivity contribution in [3.8, 4) is 0 Å². The summed E-state index contributed by atoms with van der Waals surface area (Å²) in [4.78, 5) is 10.8. The summed E-state index contributed by atoms with van der Waals surface area (Å²) < 4.78 is 31.9. The molecule has 0 aromatic heterocycles. The van der Waals surface area contributed by atoms with Crippen molar-refractivity contribution in [1.29, 1.82) is 0 Å². The number of nitrogens with one attached hydrogen (secondary N) is 1. The number of carboxylic acid groups (broad SMARTS) is 1. The Bertz CT molecular complexity index is 459. The zero-order valence-corrected chi connectivity index (χ0v) is 9.58. The van der Waals surface area contributed by atoms with Crippen molar-refractivity contribution in [3.05, 3.63) is 29.3 Å². The highest BCUT2D eigenvalue weighted by molar-refractivity contribution is 5.89. The maximum Gasteiger partial charge on any atom is 0.338 e. The minimum atomic E-state index is -1.41. The van der Waals surface area contributed by atoms with Gasteiger partial charge in [0.1, 0.15) is 11.6 Å². The van der Waals surface area contributed by atoms with Gasteiger partial charge in [0.25, 0.3) is 0 Å². The standard InChI is InChI=1S/C12H13F2NO3/c13-9-6-10(14)11(5-8(9)12(16)17)15-7-1-3-18-4-2-7/h5-7,15H,1-4H2,(H,16,17). The summed E-state index contributed by atoms with van der Waals surface area (Å²) >= 11 is 0. The van der Waals surface area contributed by atoms with Gasteiger partial charge < -0.3 is 15.2 Å². The number of anilines is 1. The van der Waals surface area contributed by atoms with Crippen LogP contribution in [0.2, 0.25) is 0 Å². The van der Waals surface area contributed by atoms with Gasteiger partial charge in [0.2, 0.25) is 0 Å². The van der Waals surface area contributed by atoms with Gasteiger partial charge >= 0.3 is 5.97 Å². The molecule has 6 heteroatoms. The zero-order valence-electron chi connectivity index (χ0n) is 9.58. The maximum absolute atomic E-state index is 13.5. The van der Waals surface area contributed by atoms with Crippen molar-refractivity contribution in [2.75, 3.05) is 18.5 Å². The summed E-state index contributed by atoms with van der Waals surface area (Å²) in [5, 5.41) is 11.7. The number of carbonyl (C=O) groups is 1. The molecule has 0 aliphatic carbocycles. The van der Waals surface area contributed by atoms with Gasteiger partial charge in [0, 0.05) is 25.3 Å². The lowest BCUT2D eigenvalue weighted by Gasteiger charge is -2.24. The predicted octanol–water partition coefficient (Wildman–Crippen LogP) is 2.25. The first kappa shape index (κ1) is 12.8. The third-order valence-electron chi connectivity index (χ3n) is 2.87. The molecule has 0 atom stereocenters. The average molecular weight is 257 g/mol. The van der Waals surface area contributed by atoms with Crippen LogP contribution in [0, 0.1) is 11.6 Å². The van der Waals surface area contributed by atoms with Crippen LogP contribution in [0.5, 0.6) is 0 Å². The second-order valence-corrected chi connectivity index (χ2v) is 4.15. The Hall–Kier alpha value is -1.69. The van der Waals surface area contributed by atoms with E-state index in [-0.39, 0.29) is 11.7 Å². The van der Waals surface area contributed by atoms with Gasteiger partial charge in [-0.25, -0.2) is 13.6 Å². The first-order valence-electron chi connectivity index (χ1n) is 5.64. The Balaban J connectivity index is 2.21. The van der Waals surface area contributed by atoms with Crippen LogP contribution < -0.4 is 5.32 Å². The summed E-state index contributed by atoms with van der Waals surface area (Å²) in [5.74, 6) is -3.27. The second-order valence-electron chi connectivity index (χ2n) is 4.15. The zero-order chi connectivity index (χ0) is 13.1. The summed E-state index contributed by atoms with van der Waals surface area (Å²) in [7, 11) is 0. The first-order valence-corrected chi connectivity index (χ1v) is 5.64. The van der Waals surface area contributed by atoms with E-state index < -0.39 is 23.2 Å². The van der Waals surface area contributed by atoms with Gasteiger partial charge in [-0.1, -0.05) is 0 Å². The molecular weight excluding hydrogens is 244 g/mol. The minimum absolute atomic E-state index is 0.0142. The lowest BCUT2D eigenvalue weighted by Crippen LogP contribution is -2.28. The molecule has 2 rings (SSSR count). The largest absolute Gasteiger partial charge is 0.478 e. The van der Waals surface area contributed by atoms with Crippen LogP contribution in [0.25, 0.3) is 0 Å². The molecule has 0 radical (unpaired) electrons. The Morgan fingerprint density at radius 3 is 2.56 bits per heavy atom. The number of aromatic carboxylic acids is 1. The van der Waals surface area contributed by atoms with Crippen molar-refractivity contribution < 1.29 is 23.4 Å². The fourth-order valence-electron chi connectivity index (χ4n) is 1.89. The molecule has 18 heavy (non-hydrogen) atoms. The Kier molecular flexibility index (Phi) is 3.76. The lowest BCUT2D eigenvalue weighted by molar-refractivity contribution is 0.0691. The van der Waals surface area contributed by atoms with Crippen molar-refractivity contribution in [3.63, 3.8) is 0 Å². The molecule has 1 aromatic rings. The molecule has 0 spiro atoms. The molecule has 0 bridgehead atoms. The van der Waals surface area contributed by atoms with Gasteiger partial charge in [-0.05, 0) is 18.9 Å². The van der Waals surface area contributed by atoms with Gasteiger partial charge in [-0.2, -0.15) is 0 Å². The van der Waals surface area contributed by atoms with E-state index in [1.54, 1.807) is 0 Å². The fourth-order valence-corrected chi connectivity index (χ4v) is 1.89. The van der Waals surface area contributed by atoms with E-state index in [2.05, 4.69) is 5.32 Å². The normalized spacial score (nSPS) is 16.6. The lowest BCUT2D eigenvalue weighted by atomic mass is 10.1. The summed E-state index contributed by atoms with van der Waals surface area (Å²) in [6.45, 7) is 1.15. The number of halogens is 2. The van der Waals surface area contributed by atoms with E-state index >= 15 is 0 Å². The predicted molar refractivity (Wildman–Crippen MR) is 60.8 cm³/mol. The fraction of sp³-hybridized carbons (Fsp3) is 0.417. The molecule has 1 aromatic carbocycles. The van der Waals surface area contributed by atoms with Crippen LogP contribution in [-0.4, -0.2) is 30.3 Å². The quantitative estimate of drug-likeness (QED) is 0.872. The molecule has 1 saturated heterocycles. The van der Waals surface area contributed by atoms with Crippen molar-refractivity contribution in [1.82, 2.24) is 0 Å². The number of ether oxygens (including phenoxy) is 1. The van der Waals surface area contributed by atoms with Gasteiger partial charge in [-0.3, -0.25) is 0 Å². The summed E-state index contributed by atoms with van der Waals surface area (Å²) in [5.41, 5.74) is -0.522. The number of benzene rings is 1. The SMILES string of the molecule is O=C(O)c1cc(NC2CCOCC2)c(F)cc1F. The monoisotopic (exact) mass is 257 g/mol. The topological polar surface area (TPSA) is 58.6 Å². The molecule has 98 valence electrons. The molecule has 2 N–H and O–H groups in total. The van der Waals surface area contributed by atoms with Gasteiger partial charge in [0.15, 0.2) is 0 Å². The van der Waals surface area contributed by atoms with Crippen LogP contribution in [0.1, 0.15) is 23.2 Å². The Morgan fingerprint density at radius 1 is 1.28 bits per heavy atom. The van der Waals surface area contributed by atoms with Crippen molar-refractivity contribution in [2.45, 2.75) is 18.9 Å². The molecule has 0 saturated carbocycles. The maximum atomic E-state index is 13.5. The molecule has 0 amide bonds. The third-order valence-corrected chi connectivity index (χ3v) is 2.87. The van der Waals surface area contributed by atoms with Crippen molar-refractivity contribution >= 4 is 11.7 Å². The molecule has 0 unspecified atom stereocenters. The van der Waals surface area contributed by atoms with Crippen LogP contribution in [0.4, 0.5) is 14.5 Å². The second kappa shape index (κ2) is 5.30. The van der Waals surface area contributed by atoms with Crippen LogP contribution in [-0.2, 0) is 4.74 Å². The molecule has 1 heterocycles. The first-order chi connectivity index (χ1) is 8.58. The van der Waals surface area contributed by atoms with Gasteiger partial charge in [0.05, 0.1) is 11.3 Å². The van der Waals surface area contributed by atoms with E-state index in [9.17, 15) is 13.6 Å². The molecule has 4 nitrogen and oxygen atoms in total. The average Bonchev–Trinajstić information content (AvgIpc) is 2.33. The Morgan fingerprint density at radius 2 is 1.94 bits per heavy atom. The smallest absolute Gasteiger partial charge is 0.338 e. The van der Waals surface area contributed by atoms with E-state index in [4.69, 9.17) is 9.84 Å².